The molecule has 3 rings (SSSR count). The summed E-state index contributed by atoms with van der Waals surface area (Å²) in [6.07, 6.45) is 2.97. The number of esters is 1. The zero-order chi connectivity index (χ0) is 21.3. The van der Waals surface area contributed by atoms with Crippen LogP contribution in [0.25, 0.3) is 6.08 Å². The zero-order valence-corrected chi connectivity index (χ0v) is 17.1. The summed E-state index contributed by atoms with van der Waals surface area (Å²) in [5.74, 6) is 0.230. The van der Waals surface area contributed by atoms with Gasteiger partial charge >= 0.3 is 5.97 Å². The first-order chi connectivity index (χ1) is 14.5. The molecule has 0 bridgehead atoms. The molecule has 0 unspecified atom stereocenters. The Hall–Kier alpha value is -3.57. The highest BCUT2D eigenvalue weighted by molar-refractivity contribution is 6.30. The molecule has 0 atom stereocenters. The SMILES string of the molecule is CCOc1ccccc1/C=C/C(=O)Oc1ccc(C(=O)Nc2ccc(Cl)cc2)cc1. The smallest absolute Gasteiger partial charge is 0.336 e. The highest BCUT2D eigenvalue weighted by atomic mass is 35.5. The van der Waals surface area contributed by atoms with Crippen molar-refractivity contribution >= 4 is 35.2 Å². The van der Waals surface area contributed by atoms with Crippen molar-refractivity contribution in [1.29, 1.82) is 0 Å². The second-order valence-corrected chi connectivity index (χ2v) is 6.65. The van der Waals surface area contributed by atoms with Gasteiger partial charge in [-0.15, -0.1) is 0 Å². The molecular weight excluding hydrogens is 402 g/mol. The molecule has 0 spiro atoms. The minimum Gasteiger partial charge on any atom is -0.493 e. The maximum atomic E-state index is 12.3. The maximum absolute atomic E-state index is 12.3. The number of ether oxygens (including phenoxy) is 2. The summed E-state index contributed by atoms with van der Waals surface area (Å²) in [6, 6.07) is 20.5. The van der Waals surface area contributed by atoms with E-state index in [4.69, 9.17) is 21.1 Å². The van der Waals surface area contributed by atoms with Crippen molar-refractivity contribution in [3.63, 3.8) is 0 Å². The molecule has 6 heteroatoms. The van der Waals surface area contributed by atoms with Crippen LogP contribution >= 0.6 is 11.6 Å². The summed E-state index contributed by atoms with van der Waals surface area (Å²) >= 11 is 5.84. The topological polar surface area (TPSA) is 64.6 Å². The Morgan fingerprint density at radius 2 is 1.67 bits per heavy atom. The van der Waals surface area contributed by atoms with Gasteiger partial charge in [-0.1, -0.05) is 29.8 Å². The Labute approximate surface area is 179 Å². The lowest BCUT2D eigenvalue weighted by Crippen LogP contribution is -2.11. The third-order valence-corrected chi connectivity index (χ3v) is 4.31. The number of hydrogen-bond acceptors (Lipinski definition) is 4. The number of amides is 1. The monoisotopic (exact) mass is 421 g/mol. The molecule has 30 heavy (non-hydrogen) atoms. The molecule has 5 nitrogen and oxygen atoms in total. The summed E-state index contributed by atoms with van der Waals surface area (Å²) in [4.78, 5) is 24.4. The van der Waals surface area contributed by atoms with Crippen LogP contribution in [0.5, 0.6) is 11.5 Å². The average molecular weight is 422 g/mol. The van der Waals surface area contributed by atoms with Gasteiger partial charge in [0.1, 0.15) is 11.5 Å². The van der Waals surface area contributed by atoms with Gasteiger partial charge < -0.3 is 14.8 Å². The molecule has 0 aliphatic heterocycles. The highest BCUT2D eigenvalue weighted by Gasteiger charge is 2.08. The predicted molar refractivity (Wildman–Crippen MR) is 118 cm³/mol. The van der Waals surface area contributed by atoms with Crippen LogP contribution in [0.3, 0.4) is 0 Å². The molecule has 0 aromatic heterocycles. The first kappa shape index (κ1) is 21.1. The van der Waals surface area contributed by atoms with E-state index in [1.165, 1.54) is 6.08 Å². The van der Waals surface area contributed by atoms with Crippen LogP contribution in [-0.2, 0) is 4.79 Å². The van der Waals surface area contributed by atoms with E-state index in [2.05, 4.69) is 5.32 Å². The Bertz CT molecular complexity index is 1040. The Morgan fingerprint density at radius 3 is 2.37 bits per heavy atom. The van der Waals surface area contributed by atoms with Crippen molar-refractivity contribution < 1.29 is 19.1 Å². The molecule has 0 saturated heterocycles. The minimum atomic E-state index is -0.528. The van der Waals surface area contributed by atoms with Crippen molar-refractivity contribution in [2.45, 2.75) is 6.92 Å². The van der Waals surface area contributed by atoms with Gasteiger partial charge in [-0.3, -0.25) is 4.79 Å². The Kier molecular flexibility index (Phi) is 7.24. The second kappa shape index (κ2) is 10.3. The van der Waals surface area contributed by atoms with E-state index in [1.807, 2.05) is 31.2 Å². The average Bonchev–Trinajstić information content (AvgIpc) is 2.75. The summed E-state index contributed by atoms with van der Waals surface area (Å²) in [6.45, 7) is 2.43. The fraction of sp³-hybridized carbons (Fsp3) is 0.0833. The number of anilines is 1. The van der Waals surface area contributed by atoms with Gasteiger partial charge in [-0.2, -0.15) is 0 Å². The third kappa shape index (κ3) is 5.96. The van der Waals surface area contributed by atoms with Crippen LogP contribution < -0.4 is 14.8 Å². The van der Waals surface area contributed by atoms with Crippen molar-refractivity contribution in [1.82, 2.24) is 0 Å². The van der Waals surface area contributed by atoms with Gasteiger partial charge in [0, 0.05) is 27.9 Å². The molecule has 0 heterocycles. The predicted octanol–water partition coefficient (Wildman–Crippen LogP) is 5.61. The van der Waals surface area contributed by atoms with E-state index in [9.17, 15) is 9.59 Å². The van der Waals surface area contributed by atoms with Gasteiger partial charge in [0.25, 0.3) is 5.91 Å². The number of halogens is 1. The molecule has 0 radical (unpaired) electrons. The van der Waals surface area contributed by atoms with Crippen LogP contribution in [0.15, 0.2) is 78.9 Å². The molecule has 0 aliphatic carbocycles. The molecule has 0 saturated carbocycles. The quantitative estimate of drug-likeness (QED) is 0.306. The number of nitrogens with one attached hydrogen (secondary N) is 1. The number of rotatable bonds is 7. The summed E-state index contributed by atoms with van der Waals surface area (Å²) in [5.41, 5.74) is 1.86. The fourth-order valence-electron chi connectivity index (χ4n) is 2.62. The van der Waals surface area contributed by atoms with Gasteiger partial charge in [0.15, 0.2) is 0 Å². The van der Waals surface area contributed by atoms with E-state index < -0.39 is 5.97 Å². The minimum absolute atomic E-state index is 0.275. The van der Waals surface area contributed by atoms with Gasteiger partial charge in [-0.05, 0) is 67.6 Å². The molecule has 1 N–H and O–H groups in total. The summed E-state index contributed by atoms with van der Waals surface area (Å²) < 4.78 is 10.8. The Balaban J connectivity index is 1.59. The lowest BCUT2D eigenvalue weighted by molar-refractivity contribution is -0.128. The van der Waals surface area contributed by atoms with Crippen molar-refractivity contribution in [3.8, 4) is 11.5 Å². The number of benzene rings is 3. The van der Waals surface area contributed by atoms with Gasteiger partial charge in [0.2, 0.25) is 0 Å². The van der Waals surface area contributed by atoms with E-state index in [0.29, 0.717) is 34.4 Å². The van der Waals surface area contributed by atoms with Crippen LogP contribution in [-0.4, -0.2) is 18.5 Å². The molecule has 0 fully saturated rings. The lowest BCUT2D eigenvalue weighted by Gasteiger charge is -2.07. The first-order valence-electron chi connectivity index (χ1n) is 9.34. The third-order valence-electron chi connectivity index (χ3n) is 4.05. The molecule has 0 aliphatic rings. The van der Waals surface area contributed by atoms with Gasteiger partial charge in [0.05, 0.1) is 6.61 Å². The van der Waals surface area contributed by atoms with Crippen LogP contribution in [0.4, 0.5) is 5.69 Å². The van der Waals surface area contributed by atoms with E-state index >= 15 is 0 Å². The van der Waals surface area contributed by atoms with Crippen molar-refractivity contribution in [2.24, 2.45) is 0 Å². The van der Waals surface area contributed by atoms with E-state index in [0.717, 1.165) is 5.56 Å². The summed E-state index contributed by atoms with van der Waals surface area (Å²) in [5, 5.41) is 3.36. The van der Waals surface area contributed by atoms with E-state index in [-0.39, 0.29) is 5.91 Å². The van der Waals surface area contributed by atoms with Crippen LogP contribution in [0, 0.1) is 0 Å². The Morgan fingerprint density at radius 1 is 0.967 bits per heavy atom. The van der Waals surface area contributed by atoms with Crippen LogP contribution in [0.1, 0.15) is 22.8 Å². The number of para-hydroxylation sites is 1. The molecule has 3 aromatic rings. The second-order valence-electron chi connectivity index (χ2n) is 6.21. The largest absolute Gasteiger partial charge is 0.493 e. The van der Waals surface area contributed by atoms with Crippen LogP contribution in [0.2, 0.25) is 5.02 Å². The number of carbonyl (C=O) groups is 2. The summed E-state index contributed by atoms with van der Waals surface area (Å²) in [7, 11) is 0. The molecule has 3 aromatic carbocycles. The normalized spacial score (nSPS) is 10.6. The fourth-order valence-corrected chi connectivity index (χ4v) is 2.75. The van der Waals surface area contributed by atoms with Crippen molar-refractivity contribution in [2.75, 3.05) is 11.9 Å². The lowest BCUT2D eigenvalue weighted by atomic mass is 10.2. The molecule has 152 valence electrons. The maximum Gasteiger partial charge on any atom is 0.336 e. The zero-order valence-electron chi connectivity index (χ0n) is 16.3. The van der Waals surface area contributed by atoms with Crippen molar-refractivity contribution in [3.05, 3.63) is 95.0 Å². The first-order valence-corrected chi connectivity index (χ1v) is 9.71. The van der Waals surface area contributed by atoms with E-state index in [1.54, 1.807) is 54.6 Å². The highest BCUT2D eigenvalue weighted by Crippen LogP contribution is 2.20. The number of hydrogen-bond donors (Lipinski definition) is 1. The standard InChI is InChI=1S/C24H20ClNO4/c1-2-29-22-6-4-3-5-17(22)9-16-23(27)30-21-14-7-18(8-15-21)24(28)26-20-12-10-19(25)11-13-20/h3-16H,2H2,1H3,(H,26,28)/b16-9+. The molecule has 1 amide bonds. The van der Waals surface area contributed by atoms with Gasteiger partial charge in [-0.25, -0.2) is 4.79 Å². The number of carbonyl (C=O) groups excluding carboxylic acids is 2. The molecular formula is C24H20ClNO4.